The fourth-order valence-corrected chi connectivity index (χ4v) is 2.56. The number of hydrogen-bond donors (Lipinski definition) is 0. The molecule has 0 saturated heterocycles. The summed E-state index contributed by atoms with van der Waals surface area (Å²) < 4.78 is 10.0. The number of benzene rings is 2. The lowest BCUT2D eigenvalue weighted by atomic mass is 10.1. The van der Waals surface area contributed by atoms with Crippen molar-refractivity contribution < 1.29 is 19.1 Å². The van der Waals surface area contributed by atoms with Crippen LogP contribution in [0, 0.1) is 0 Å². The van der Waals surface area contributed by atoms with Crippen LogP contribution in [-0.2, 0) is 14.4 Å². The van der Waals surface area contributed by atoms with E-state index in [4.69, 9.17) is 25.9 Å². The van der Waals surface area contributed by atoms with Gasteiger partial charge >= 0.3 is 5.97 Å². The van der Waals surface area contributed by atoms with E-state index in [2.05, 4.69) is 4.99 Å². The number of halogens is 1. The van der Waals surface area contributed by atoms with Crippen LogP contribution in [0.1, 0.15) is 12.5 Å². The van der Waals surface area contributed by atoms with Gasteiger partial charge in [-0.05, 0) is 55.5 Å². The predicted octanol–water partition coefficient (Wildman–Crippen LogP) is 3.44. The summed E-state index contributed by atoms with van der Waals surface area (Å²) in [5.74, 6) is 0.616. The second-order valence-electron chi connectivity index (χ2n) is 5.50. The lowest BCUT2D eigenvalue weighted by molar-refractivity contribution is -0.163. The van der Waals surface area contributed by atoms with Crippen LogP contribution in [0.4, 0.5) is 5.69 Å². The number of ether oxygens (including phenoxy) is 2. The third kappa shape index (κ3) is 3.31. The molecular weight excluding hydrogens is 344 g/mol. The molecule has 1 unspecified atom stereocenters. The fraction of sp³-hybridized carbons (Fsp3) is 0.222. The van der Waals surface area contributed by atoms with Crippen molar-refractivity contribution in [3.05, 3.63) is 59.1 Å². The van der Waals surface area contributed by atoms with E-state index in [0.717, 1.165) is 11.3 Å². The van der Waals surface area contributed by atoms with Gasteiger partial charge in [-0.15, -0.1) is 0 Å². The van der Waals surface area contributed by atoms with Gasteiger partial charge in [-0.1, -0.05) is 11.6 Å². The second kappa shape index (κ2) is 6.74. The van der Waals surface area contributed by atoms with E-state index in [9.17, 15) is 4.79 Å². The van der Waals surface area contributed by atoms with E-state index in [1.807, 2.05) is 24.3 Å². The van der Waals surface area contributed by atoms with E-state index >= 15 is 0 Å². The van der Waals surface area contributed by atoms with Gasteiger partial charge in [0.25, 0.3) is 5.72 Å². The highest BCUT2D eigenvalue weighted by Gasteiger charge is 2.45. The SMILES string of the molecule is COC(=O)C1(C)N=C(c2ccc(OC)cc2)N(c2ccc(Cl)cc2)O1. The lowest BCUT2D eigenvalue weighted by Crippen LogP contribution is -2.38. The van der Waals surface area contributed by atoms with E-state index in [1.165, 1.54) is 12.2 Å². The van der Waals surface area contributed by atoms with Gasteiger partial charge in [0.2, 0.25) is 0 Å². The molecule has 1 heterocycles. The zero-order valence-corrected chi connectivity index (χ0v) is 14.8. The van der Waals surface area contributed by atoms with Crippen molar-refractivity contribution in [3.8, 4) is 5.75 Å². The Labute approximate surface area is 150 Å². The normalized spacial score (nSPS) is 19.5. The number of amidine groups is 1. The van der Waals surface area contributed by atoms with Crippen molar-refractivity contribution in [2.45, 2.75) is 12.6 Å². The molecule has 0 radical (unpaired) electrons. The summed E-state index contributed by atoms with van der Waals surface area (Å²) in [6, 6.07) is 14.3. The molecule has 0 amide bonds. The molecule has 3 rings (SSSR count). The number of methoxy groups -OCH3 is 2. The number of hydroxylamine groups is 1. The molecule has 0 N–H and O–H groups in total. The van der Waals surface area contributed by atoms with Crippen molar-refractivity contribution in [2.24, 2.45) is 4.99 Å². The first kappa shape index (κ1) is 17.3. The van der Waals surface area contributed by atoms with Gasteiger partial charge in [-0.3, -0.25) is 0 Å². The average Bonchev–Trinajstić information content (AvgIpc) is 3.01. The predicted molar refractivity (Wildman–Crippen MR) is 95.0 cm³/mol. The zero-order valence-electron chi connectivity index (χ0n) is 14.0. The van der Waals surface area contributed by atoms with E-state index in [1.54, 1.807) is 38.3 Å². The van der Waals surface area contributed by atoms with Crippen LogP contribution in [0.2, 0.25) is 5.02 Å². The summed E-state index contributed by atoms with van der Waals surface area (Å²) in [5.41, 5.74) is -0.0149. The first-order valence-electron chi connectivity index (χ1n) is 7.54. The van der Waals surface area contributed by atoms with Gasteiger partial charge < -0.3 is 9.47 Å². The molecule has 2 aromatic rings. The Morgan fingerprint density at radius 1 is 1.12 bits per heavy atom. The van der Waals surface area contributed by atoms with Gasteiger partial charge in [-0.2, -0.15) is 5.06 Å². The quantitative estimate of drug-likeness (QED) is 0.782. The first-order chi connectivity index (χ1) is 12.0. The van der Waals surface area contributed by atoms with Crippen LogP contribution in [-0.4, -0.2) is 31.7 Å². The monoisotopic (exact) mass is 360 g/mol. The molecule has 0 aromatic heterocycles. The summed E-state index contributed by atoms with van der Waals surface area (Å²) in [6.45, 7) is 1.55. The number of carbonyl (C=O) groups excluding carboxylic acids is 1. The molecule has 2 aromatic carbocycles. The third-order valence-corrected chi connectivity index (χ3v) is 4.01. The van der Waals surface area contributed by atoms with Gasteiger partial charge in [0, 0.05) is 10.6 Å². The second-order valence-corrected chi connectivity index (χ2v) is 5.94. The summed E-state index contributed by atoms with van der Waals surface area (Å²) >= 11 is 5.96. The third-order valence-electron chi connectivity index (χ3n) is 3.75. The number of aliphatic imine (C=N–C) groups is 1. The van der Waals surface area contributed by atoms with Crippen molar-refractivity contribution >= 4 is 29.1 Å². The molecule has 1 aliphatic heterocycles. The molecule has 25 heavy (non-hydrogen) atoms. The maximum Gasteiger partial charge on any atom is 0.363 e. The van der Waals surface area contributed by atoms with Gasteiger partial charge in [0.1, 0.15) is 5.75 Å². The van der Waals surface area contributed by atoms with Crippen molar-refractivity contribution in [1.29, 1.82) is 0 Å². The van der Waals surface area contributed by atoms with Crippen LogP contribution >= 0.6 is 11.6 Å². The van der Waals surface area contributed by atoms with Gasteiger partial charge in [0.15, 0.2) is 5.84 Å². The minimum absolute atomic E-state index is 0.484. The van der Waals surface area contributed by atoms with Crippen LogP contribution in [0.3, 0.4) is 0 Å². The number of esters is 1. The van der Waals surface area contributed by atoms with Crippen molar-refractivity contribution in [3.63, 3.8) is 0 Å². The maximum atomic E-state index is 12.1. The Bertz CT molecular complexity index is 805. The average molecular weight is 361 g/mol. The standard InChI is InChI=1S/C18H17ClN2O4/c1-18(17(22)24-3)20-16(12-4-10-15(23-2)11-5-12)21(25-18)14-8-6-13(19)7-9-14/h4-11H,1-3H3. The Kier molecular flexibility index (Phi) is 4.65. The molecule has 1 aliphatic rings. The maximum absolute atomic E-state index is 12.1. The Balaban J connectivity index is 2.05. The van der Waals surface area contributed by atoms with Gasteiger partial charge in [0.05, 0.1) is 19.9 Å². The highest BCUT2D eigenvalue weighted by atomic mass is 35.5. The lowest BCUT2D eigenvalue weighted by Gasteiger charge is -2.23. The molecule has 0 spiro atoms. The van der Waals surface area contributed by atoms with Crippen LogP contribution in [0.5, 0.6) is 5.75 Å². The smallest absolute Gasteiger partial charge is 0.363 e. The van der Waals surface area contributed by atoms with Crippen molar-refractivity contribution in [1.82, 2.24) is 0 Å². The summed E-state index contributed by atoms with van der Waals surface area (Å²) in [5, 5.41) is 2.09. The summed E-state index contributed by atoms with van der Waals surface area (Å²) in [7, 11) is 2.89. The molecule has 0 saturated carbocycles. The summed E-state index contributed by atoms with van der Waals surface area (Å²) in [6.07, 6.45) is 0. The first-order valence-corrected chi connectivity index (χ1v) is 7.92. The number of carbonyl (C=O) groups is 1. The number of anilines is 1. The molecule has 6 nitrogen and oxygen atoms in total. The fourth-order valence-electron chi connectivity index (χ4n) is 2.43. The topological polar surface area (TPSA) is 60.4 Å². The Morgan fingerprint density at radius 2 is 1.76 bits per heavy atom. The van der Waals surface area contributed by atoms with Crippen LogP contribution in [0.15, 0.2) is 53.5 Å². The van der Waals surface area contributed by atoms with Gasteiger partial charge in [-0.25, -0.2) is 14.6 Å². The molecule has 130 valence electrons. The minimum atomic E-state index is -1.47. The molecule has 0 fully saturated rings. The summed E-state index contributed by atoms with van der Waals surface area (Å²) in [4.78, 5) is 22.4. The molecule has 1 atom stereocenters. The van der Waals surface area contributed by atoms with Crippen LogP contribution in [0.25, 0.3) is 0 Å². The van der Waals surface area contributed by atoms with E-state index in [0.29, 0.717) is 16.5 Å². The zero-order chi connectivity index (χ0) is 18.0. The van der Waals surface area contributed by atoms with E-state index in [-0.39, 0.29) is 0 Å². The molecule has 0 bridgehead atoms. The highest BCUT2D eigenvalue weighted by Crippen LogP contribution is 2.32. The largest absolute Gasteiger partial charge is 0.497 e. The molecular formula is C18H17ClN2O4. The van der Waals surface area contributed by atoms with E-state index < -0.39 is 11.7 Å². The Hall–Kier alpha value is -2.57. The molecule has 7 heteroatoms. The number of nitrogens with zero attached hydrogens (tertiary/aromatic N) is 2. The number of rotatable bonds is 4. The van der Waals surface area contributed by atoms with Crippen molar-refractivity contribution in [2.75, 3.05) is 19.3 Å². The number of hydrogen-bond acceptors (Lipinski definition) is 6. The Morgan fingerprint density at radius 3 is 2.32 bits per heavy atom. The molecule has 0 aliphatic carbocycles. The van der Waals surface area contributed by atoms with Crippen LogP contribution < -0.4 is 9.80 Å². The highest BCUT2D eigenvalue weighted by molar-refractivity contribution is 6.30. The minimum Gasteiger partial charge on any atom is -0.497 e.